The molecule has 4 heterocycles. The normalized spacial score (nSPS) is 17.8. The molecule has 7 heteroatoms. The smallest absolute Gasteiger partial charge is 0.126 e. The van der Waals surface area contributed by atoms with Crippen molar-refractivity contribution in [3.63, 3.8) is 0 Å². The maximum absolute atomic E-state index is 5.52. The van der Waals surface area contributed by atoms with Gasteiger partial charge in [-0.05, 0) is 30.8 Å². The summed E-state index contributed by atoms with van der Waals surface area (Å²) in [6.45, 7) is 3.83. The Kier molecular flexibility index (Phi) is 5.36. The summed E-state index contributed by atoms with van der Waals surface area (Å²) >= 11 is 0. The highest BCUT2D eigenvalue weighted by atomic mass is 16.5. The first-order valence-electron chi connectivity index (χ1n) is 10.5. The molecule has 1 atom stereocenters. The number of para-hydroxylation sites is 1. The second-order valence-corrected chi connectivity index (χ2v) is 8.02. The van der Waals surface area contributed by atoms with Crippen LogP contribution in [0.1, 0.15) is 17.3 Å². The summed E-state index contributed by atoms with van der Waals surface area (Å²) < 4.78 is 7.40. The van der Waals surface area contributed by atoms with E-state index in [1.165, 1.54) is 5.56 Å². The Bertz CT molecular complexity index is 1180. The van der Waals surface area contributed by atoms with E-state index in [0.29, 0.717) is 0 Å². The van der Waals surface area contributed by atoms with Gasteiger partial charge in [-0.25, -0.2) is 4.52 Å². The fourth-order valence-corrected chi connectivity index (χ4v) is 4.31. The van der Waals surface area contributed by atoms with Gasteiger partial charge in [0.1, 0.15) is 11.4 Å². The second-order valence-electron chi connectivity index (χ2n) is 8.02. The van der Waals surface area contributed by atoms with E-state index in [0.717, 1.165) is 54.3 Å². The third kappa shape index (κ3) is 3.89. The Morgan fingerprint density at radius 1 is 1.06 bits per heavy atom. The zero-order valence-corrected chi connectivity index (χ0v) is 17.8. The monoisotopic (exact) mass is 414 g/mol. The van der Waals surface area contributed by atoms with Crippen molar-refractivity contribution in [1.29, 1.82) is 0 Å². The quantitative estimate of drug-likeness (QED) is 0.500. The summed E-state index contributed by atoms with van der Waals surface area (Å²) in [5.41, 5.74) is 5.39. The number of benzene rings is 1. The molecule has 1 fully saturated rings. The number of aromatic nitrogens is 4. The molecule has 3 aromatic heterocycles. The summed E-state index contributed by atoms with van der Waals surface area (Å²) in [6.07, 6.45) is 5.79. The van der Waals surface area contributed by atoms with Gasteiger partial charge in [0.25, 0.3) is 0 Å². The zero-order valence-electron chi connectivity index (χ0n) is 17.8. The molecule has 0 spiro atoms. The van der Waals surface area contributed by atoms with Crippen molar-refractivity contribution in [2.24, 2.45) is 0 Å². The van der Waals surface area contributed by atoms with Gasteiger partial charge >= 0.3 is 0 Å². The first-order valence-corrected chi connectivity index (χ1v) is 10.5. The number of pyridine rings is 2. The minimum atomic E-state index is 0.194. The van der Waals surface area contributed by atoms with Crippen LogP contribution in [-0.2, 0) is 6.54 Å². The van der Waals surface area contributed by atoms with Crippen molar-refractivity contribution in [2.45, 2.75) is 12.6 Å². The van der Waals surface area contributed by atoms with Crippen LogP contribution in [0, 0.1) is 0 Å². The van der Waals surface area contributed by atoms with Crippen LogP contribution in [0.3, 0.4) is 0 Å². The molecule has 1 unspecified atom stereocenters. The van der Waals surface area contributed by atoms with Crippen LogP contribution in [0.5, 0.6) is 5.75 Å². The molecule has 0 aliphatic carbocycles. The van der Waals surface area contributed by atoms with Crippen LogP contribution >= 0.6 is 0 Å². The summed E-state index contributed by atoms with van der Waals surface area (Å²) in [6, 6.07) is 16.6. The predicted molar refractivity (Wildman–Crippen MR) is 120 cm³/mol. The molecule has 0 N–H and O–H groups in total. The second kappa shape index (κ2) is 8.45. The minimum absolute atomic E-state index is 0.194. The van der Waals surface area contributed by atoms with Crippen LogP contribution in [0.15, 0.2) is 67.1 Å². The van der Waals surface area contributed by atoms with E-state index in [-0.39, 0.29) is 6.04 Å². The van der Waals surface area contributed by atoms with Crippen LogP contribution in [0.2, 0.25) is 0 Å². The third-order valence-electron chi connectivity index (χ3n) is 6.03. The molecule has 0 bridgehead atoms. The largest absolute Gasteiger partial charge is 0.496 e. The van der Waals surface area contributed by atoms with Gasteiger partial charge < -0.3 is 4.74 Å². The molecular formula is C24H26N6O. The number of nitrogens with zero attached hydrogens (tertiary/aromatic N) is 6. The molecule has 1 aliphatic rings. The van der Waals surface area contributed by atoms with Crippen molar-refractivity contribution in [1.82, 2.24) is 29.6 Å². The fraction of sp³-hybridized carbons (Fsp3) is 0.292. The highest BCUT2D eigenvalue weighted by Crippen LogP contribution is 2.31. The van der Waals surface area contributed by atoms with Crippen LogP contribution in [-0.4, -0.2) is 63.4 Å². The molecule has 4 aromatic rings. The summed E-state index contributed by atoms with van der Waals surface area (Å²) in [7, 11) is 3.86. The number of piperazine rings is 1. The Labute approximate surface area is 181 Å². The highest BCUT2D eigenvalue weighted by Gasteiger charge is 2.29. The van der Waals surface area contributed by atoms with Gasteiger partial charge in [0.2, 0.25) is 0 Å². The van der Waals surface area contributed by atoms with Crippen molar-refractivity contribution < 1.29 is 4.74 Å². The Balaban J connectivity index is 1.43. The lowest BCUT2D eigenvalue weighted by atomic mass is 10.0. The molecule has 1 saturated heterocycles. The van der Waals surface area contributed by atoms with Gasteiger partial charge in [-0.2, -0.15) is 0 Å². The number of likely N-dealkylation sites (N-methyl/N-ethyl adjacent to an activating group) is 1. The van der Waals surface area contributed by atoms with Crippen LogP contribution in [0.4, 0.5) is 0 Å². The van der Waals surface area contributed by atoms with Gasteiger partial charge in [0, 0.05) is 55.9 Å². The molecule has 1 aromatic carbocycles. The van der Waals surface area contributed by atoms with Gasteiger partial charge in [0.15, 0.2) is 0 Å². The highest BCUT2D eigenvalue weighted by molar-refractivity contribution is 5.71. The standard InChI is InChI=1S/C24H26N6O/c1-28-12-13-29(15-18-6-5-11-25-14-18)17-22(28)24-21-10-9-19(16-30(21)27-26-24)20-7-3-4-8-23(20)31-2/h3-11,14,16,22H,12-13,15,17H2,1-2H3. The van der Waals surface area contributed by atoms with E-state index in [9.17, 15) is 0 Å². The van der Waals surface area contributed by atoms with E-state index >= 15 is 0 Å². The summed E-state index contributed by atoms with van der Waals surface area (Å²) in [5.74, 6) is 0.847. The maximum atomic E-state index is 5.52. The Hall–Kier alpha value is -3.29. The SMILES string of the molecule is COc1ccccc1-c1ccc2c(C3CN(Cc4cccnc4)CCN3C)nnn2c1. The Morgan fingerprint density at radius 2 is 1.97 bits per heavy atom. The van der Waals surface area contributed by atoms with Gasteiger partial charge in [-0.1, -0.05) is 35.5 Å². The first kappa shape index (κ1) is 19.7. The number of rotatable bonds is 5. The first-order chi connectivity index (χ1) is 15.2. The molecule has 0 saturated carbocycles. The van der Waals surface area contributed by atoms with E-state index in [1.807, 2.05) is 47.4 Å². The number of methoxy groups -OCH3 is 1. The van der Waals surface area contributed by atoms with Crippen molar-refractivity contribution in [3.05, 3.63) is 78.4 Å². The number of hydrogen-bond donors (Lipinski definition) is 0. The molecule has 0 amide bonds. The lowest BCUT2D eigenvalue weighted by Gasteiger charge is -2.38. The average Bonchev–Trinajstić information content (AvgIpc) is 3.24. The van der Waals surface area contributed by atoms with Gasteiger partial charge in [-0.3, -0.25) is 14.8 Å². The summed E-state index contributed by atoms with van der Waals surface area (Å²) in [5, 5.41) is 9.04. The lowest BCUT2D eigenvalue weighted by molar-refractivity contribution is 0.0889. The van der Waals surface area contributed by atoms with E-state index in [1.54, 1.807) is 7.11 Å². The molecule has 7 nitrogen and oxygen atoms in total. The zero-order chi connectivity index (χ0) is 21.2. The van der Waals surface area contributed by atoms with E-state index in [2.05, 4.69) is 56.4 Å². The maximum Gasteiger partial charge on any atom is 0.126 e. The number of ether oxygens (including phenoxy) is 1. The average molecular weight is 415 g/mol. The number of hydrogen-bond acceptors (Lipinski definition) is 6. The van der Waals surface area contributed by atoms with Crippen LogP contribution < -0.4 is 4.74 Å². The van der Waals surface area contributed by atoms with Crippen LogP contribution in [0.25, 0.3) is 16.6 Å². The molecule has 31 heavy (non-hydrogen) atoms. The molecule has 5 rings (SSSR count). The fourth-order valence-electron chi connectivity index (χ4n) is 4.31. The van der Waals surface area contributed by atoms with Gasteiger partial charge in [0.05, 0.1) is 18.7 Å². The molecule has 158 valence electrons. The van der Waals surface area contributed by atoms with E-state index < -0.39 is 0 Å². The van der Waals surface area contributed by atoms with E-state index in [4.69, 9.17) is 4.74 Å². The summed E-state index contributed by atoms with van der Waals surface area (Å²) in [4.78, 5) is 9.09. The lowest BCUT2D eigenvalue weighted by Crippen LogP contribution is -2.46. The van der Waals surface area contributed by atoms with Crippen molar-refractivity contribution in [2.75, 3.05) is 33.8 Å². The number of fused-ring (bicyclic) bond motifs is 1. The molecule has 1 aliphatic heterocycles. The van der Waals surface area contributed by atoms with Crippen molar-refractivity contribution in [3.8, 4) is 16.9 Å². The topological polar surface area (TPSA) is 58.8 Å². The Morgan fingerprint density at radius 3 is 2.81 bits per heavy atom. The molecule has 0 radical (unpaired) electrons. The van der Waals surface area contributed by atoms with Crippen molar-refractivity contribution >= 4 is 5.52 Å². The molecular weight excluding hydrogens is 388 g/mol. The minimum Gasteiger partial charge on any atom is -0.496 e. The predicted octanol–water partition coefficient (Wildman–Crippen LogP) is 3.29. The third-order valence-corrected chi connectivity index (χ3v) is 6.03. The van der Waals surface area contributed by atoms with Gasteiger partial charge in [-0.15, -0.1) is 5.10 Å².